The highest BCUT2D eigenvalue weighted by molar-refractivity contribution is 5.94. The van der Waals surface area contributed by atoms with Gasteiger partial charge in [-0.15, -0.1) is 0 Å². The fourth-order valence-electron chi connectivity index (χ4n) is 6.41. The Labute approximate surface area is 272 Å². The first kappa shape index (κ1) is 35.4. The first-order chi connectivity index (χ1) is 22.2. The van der Waals surface area contributed by atoms with Crippen LogP contribution in [0.2, 0.25) is 0 Å². The van der Waals surface area contributed by atoms with Crippen molar-refractivity contribution in [2.75, 3.05) is 88.0 Å². The summed E-state index contributed by atoms with van der Waals surface area (Å²) in [5.41, 5.74) is 0.00271. The number of carbonyl (C=O) groups excluding carboxylic acids is 2. The van der Waals surface area contributed by atoms with Crippen LogP contribution < -0.4 is 19.5 Å². The van der Waals surface area contributed by atoms with Crippen molar-refractivity contribution in [3.05, 3.63) is 40.9 Å². The summed E-state index contributed by atoms with van der Waals surface area (Å²) < 4.78 is 40.3. The lowest BCUT2D eigenvalue weighted by atomic mass is 9.87. The lowest BCUT2D eigenvalue weighted by molar-refractivity contribution is -0.119. The molecule has 1 aromatic carbocycles. The van der Waals surface area contributed by atoms with Gasteiger partial charge in [0.25, 0.3) is 0 Å². The molecule has 0 saturated carbocycles. The lowest BCUT2D eigenvalue weighted by Crippen LogP contribution is -2.40. The topological polar surface area (TPSA) is 117 Å². The summed E-state index contributed by atoms with van der Waals surface area (Å²) in [7, 11) is 7.69. The molecule has 4 atom stereocenters. The first-order valence-corrected chi connectivity index (χ1v) is 16.2. The van der Waals surface area contributed by atoms with E-state index in [0.29, 0.717) is 78.7 Å². The number of rotatable bonds is 7. The minimum absolute atomic E-state index is 0.127. The van der Waals surface area contributed by atoms with Crippen LogP contribution in [0.25, 0.3) is 0 Å². The van der Waals surface area contributed by atoms with E-state index in [-0.39, 0.29) is 12.0 Å². The van der Waals surface area contributed by atoms with E-state index in [0.717, 1.165) is 52.1 Å². The highest BCUT2D eigenvalue weighted by atomic mass is 16.6. The molecular weight excluding hydrogens is 594 g/mol. The number of allylic oxidation sites excluding steroid dienone is 1. The number of fused-ring (bicyclic) bond motifs is 5. The third-order valence-corrected chi connectivity index (χ3v) is 8.90. The number of hydrogen-bond acceptors (Lipinski definition) is 11. The van der Waals surface area contributed by atoms with E-state index in [1.165, 1.54) is 21.3 Å². The zero-order chi connectivity index (χ0) is 33.1. The number of benzene rings is 1. The van der Waals surface area contributed by atoms with Gasteiger partial charge in [0.2, 0.25) is 11.7 Å². The summed E-state index contributed by atoms with van der Waals surface area (Å²) in [6.45, 7) is 8.52. The van der Waals surface area contributed by atoms with Gasteiger partial charge in [-0.2, -0.15) is 0 Å². The van der Waals surface area contributed by atoms with E-state index in [4.69, 9.17) is 33.2 Å². The number of ether oxygens (including phenoxy) is 7. The largest absolute Gasteiger partial charge is 0.494 e. The number of hydrogen-bond donors (Lipinski definition) is 1. The predicted octanol–water partition coefficient (Wildman–Crippen LogP) is 3.55. The van der Waals surface area contributed by atoms with Crippen molar-refractivity contribution in [3.8, 4) is 17.2 Å². The number of nitrogens with zero attached hydrogens (tertiary/aromatic N) is 2. The van der Waals surface area contributed by atoms with Crippen molar-refractivity contribution in [2.24, 2.45) is 0 Å². The second-order valence-electron chi connectivity index (χ2n) is 12.0. The van der Waals surface area contributed by atoms with Gasteiger partial charge in [0.15, 0.2) is 23.0 Å². The molecule has 0 spiro atoms. The van der Waals surface area contributed by atoms with E-state index in [9.17, 15) is 9.59 Å². The maximum absolute atomic E-state index is 13.5. The monoisotopic (exact) mass is 645 g/mol. The molecule has 2 heterocycles. The van der Waals surface area contributed by atoms with Gasteiger partial charge in [0.05, 0.1) is 41.1 Å². The fraction of sp³-hybridized carbons (Fsp3) is 0.647. The highest BCUT2D eigenvalue weighted by Crippen LogP contribution is 2.39. The Bertz CT molecular complexity index is 1240. The molecular formula is C34H51N3O9. The van der Waals surface area contributed by atoms with E-state index < -0.39 is 11.6 Å². The molecule has 4 bridgehead atoms. The lowest BCUT2D eigenvalue weighted by Gasteiger charge is -2.35. The summed E-state index contributed by atoms with van der Waals surface area (Å²) >= 11 is 0. The SMILES string of the molecule is COC1=C(OC)C2(C)CC(=C1)C(=O)NCCCN1CCCN(CCC(OC(=O)c3cc(OC)c(OC)c(OC)c3)CCCO2)CC1. The number of methoxy groups -OCH3 is 5. The molecule has 1 aliphatic carbocycles. The van der Waals surface area contributed by atoms with Crippen LogP contribution >= 0.6 is 0 Å². The summed E-state index contributed by atoms with van der Waals surface area (Å²) in [6, 6.07) is 3.22. The van der Waals surface area contributed by atoms with Crippen molar-refractivity contribution in [1.29, 1.82) is 0 Å². The average molecular weight is 646 g/mol. The summed E-state index contributed by atoms with van der Waals surface area (Å²) in [5.74, 6) is 1.61. The van der Waals surface area contributed by atoms with Crippen LogP contribution in [-0.2, 0) is 23.7 Å². The average Bonchev–Trinajstić information content (AvgIpc) is 3.30. The number of esters is 1. The highest BCUT2D eigenvalue weighted by Gasteiger charge is 2.40. The predicted molar refractivity (Wildman–Crippen MR) is 172 cm³/mol. The Kier molecular flexibility index (Phi) is 13.0. The second kappa shape index (κ2) is 16.9. The second-order valence-corrected chi connectivity index (χ2v) is 12.0. The molecule has 0 radical (unpaired) electrons. The zero-order valence-electron chi connectivity index (χ0n) is 28.3. The van der Waals surface area contributed by atoms with Crippen LogP contribution in [0.1, 0.15) is 55.8 Å². The summed E-state index contributed by atoms with van der Waals surface area (Å²) in [4.78, 5) is 31.6. The maximum atomic E-state index is 13.5. The molecule has 2 fully saturated rings. The maximum Gasteiger partial charge on any atom is 0.338 e. The molecule has 1 aromatic rings. The smallest absolute Gasteiger partial charge is 0.338 e. The molecule has 12 heteroatoms. The Morgan fingerprint density at radius 2 is 1.52 bits per heavy atom. The first-order valence-electron chi connectivity index (χ1n) is 16.2. The fourth-order valence-corrected chi connectivity index (χ4v) is 6.41. The van der Waals surface area contributed by atoms with Gasteiger partial charge in [-0.3, -0.25) is 4.79 Å². The van der Waals surface area contributed by atoms with Crippen LogP contribution in [0, 0.1) is 0 Å². The van der Waals surface area contributed by atoms with Gasteiger partial charge in [-0.25, -0.2) is 4.79 Å². The molecule has 4 rings (SSSR count). The van der Waals surface area contributed by atoms with Gasteiger partial charge >= 0.3 is 5.97 Å². The standard InChI is InChI=1S/C34H51N3O9/c1-34-23-25(22-29(42-4)31(34)44-6)32(38)35-12-8-13-36-14-9-15-37(18-17-36)16-11-26(10-7-19-45-34)46-33(39)24-20-27(40-2)30(43-5)28(21-24)41-3/h20-22,26H,7-19,23H2,1-6H3,(H,35,38). The molecule has 256 valence electrons. The molecule has 46 heavy (non-hydrogen) atoms. The van der Waals surface area contributed by atoms with Crippen molar-refractivity contribution < 1.29 is 42.7 Å². The van der Waals surface area contributed by atoms with Gasteiger partial charge < -0.3 is 48.3 Å². The molecule has 1 N–H and O–H groups in total. The Hall–Kier alpha value is -3.48. The van der Waals surface area contributed by atoms with Crippen LogP contribution in [0.3, 0.4) is 0 Å². The Balaban J connectivity index is 1.54. The van der Waals surface area contributed by atoms with E-state index in [1.54, 1.807) is 32.4 Å². The van der Waals surface area contributed by atoms with E-state index in [2.05, 4.69) is 15.1 Å². The molecule has 12 nitrogen and oxygen atoms in total. The molecule has 2 saturated heterocycles. The minimum Gasteiger partial charge on any atom is -0.494 e. The van der Waals surface area contributed by atoms with Crippen molar-refractivity contribution in [1.82, 2.24) is 15.1 Å². The number of carbonyl (C=O) groups is 2. The zero-order valence-corrected chi connectivity index (χ0v) is 28.3. The molecule has 1 amide bonds. The van der Waals surface area contributed by atoms with Gasteiger partial charge in [0, 0.05) is 44.8 Å². The van der Waals surface area contributed by atoms with E-state index in [1.807, 2.05) is 6.92 Å². The molecule has 4 unspecified atom stereocenters. The normalized spacial score (nSPS) is 26.7. The van der Waals surface area contributed by atoms with Crippen LogP contribution in [-0.4, -0.2) is 121 Å². The summed E-state index contributed by atoms with van der Waals surface area (Å²) in [5, 5.41) is 3.09. The Morgan fingerprint density at radius 1 is 0.848 bits per heavy atom. The van der Waals surface area contributed by atoms with Crippen molar-refractivity contribution >= 4 is 11.9 Å². The van der Waals surface area contributed by atoms with Gasteiger partial charge in [-0.05, 0) is 76.9 Å². The van der Waals surface area contributed by atoms with Gasteiger partial charge in [-0.1, -0.05) is 0 Å². The van der Waals surface area contributed by atoms with Crippen molar-refractivity contribution in [2.45, 2.75) is 57.2 Å². The molecule has 3 aliphatic rings. The van der Waals surface area contributed by atoms with Crippen LogP contribution in [0.4, 0.5) is 0 Å². The van der Waals surface area contributed by atoms with Crippen molar-refractivity contribution in [3.63, 3.8) is 0 Å². The minimum atomic E-state index is -0.902. The summed E-state index contributed by atoms with van der Waals surface area (Å²) in [6.07, 6.45) is 5.58. The van der Waals surface area contributed by atoms with Crippen LogP contribution in [0.15, 0.2) is 35.3 Å². The van der Waals surface area contributed by atoms with Crippen LogP contribution in [0.5, 0.6) is 17.2 Å². The third kappa shape index (κ3) is 8.86. The third-order valence-electron chi connectivity index (χ3n) is 8.90. The Morgan fingerprint density at radius 3 is 2.15 bits per heavy atom. The number of nitrogens with one attached hydrogen (secondary N) is 1. The molecule has 2 aliphatic heterocycles. The molecule has 0 aromatic heterocycles. The quantitative estimate of drug-likeness (QED) is 0.439. The van der Waals surface area contributed by atoms with Gasteiger partial charge in [0.1, 0.15) is 11.7 Å². The number of amides is 1. The van der Waals surface area contributed by atoms with E-state index >= 15 is 0 Å².